The molecular weight excluding hydrogens is 390 g/mol. The van der Waals surface area contributed by atoms with E-state index in [0.717, 1.165) is 54.4 Å². The lowest BCUT2D eigenvalue weighted by molar-refractivity contribution is -0.132. The van der Waals surface area contributed by atoms with Gasteiger partial charge in [0.2, 0.25) is 5.91 Å². The Bertz CT molecular complexity index is 1110. The third-order valence-electron chi connectivity index (χ3n) is 6.54. The van der Waals surface area contributed by atoms with Gasteiger partial charge in [0.25, 0.3) is 0 Å². The van der Waals surface area contributed by atoms with Gasteiger partial charge in [-0.2, -0.15) is 0 Å². The number of nitrogens with zero attached hydrogens (tertiary/aromatic N) is 2. The maximum atomic E-state index is 13.0. The van der Waals surface area contributed by atoms with Crippen molar-refractivity contribution in [3.05, 3.63) is 72.1 Å². The van der Waals surface area contributed by atoms with E-state index in [2.05, 4.69) is 40.3 Å². The molecule has 6 heteroatoms. The largest absolute Gasteiger partial charge is 0.497 e. The van der Waals surface area contributed by atoms with E-state index in [1.807, 2.05) is 35.2 Å². The quantitative estimate of drug-likeness (QED) is 0.698. The molecule has 2 aliphatic rings. The van der Waals surface area contributed by atoms with Crippen LogP contribution in [-0.2, 0) is 16.8 Å². The molecule has 5 rings (SSSR count). The molecule has 1 saturated heterocycles. The third kappa shape index (κ3) is 3.42. The Morgan fingerprint density at radius 2 is 1.77 bits per heavy atom. The predicted octanol–water partition coefficient (Wildman–Crippen LogP) is 3.98. The first-order valence-electron chi connectivity index (χ1n) is 10.7. The molecule has 1 fully saturated rings. The molecule has 2 aliphatic heterocycles. The van der Waals surface area contributed by atoms with E-state index in [1.165, 1.54) is 5.69 Å². The zero-order valence-corrected chi connectivity index (χ0v) is 17.9. The first-order chi connectivity index (χ1) is 15.1. The van der Waals surface area contributed by atoms with Crippen molar-refractivity contribution in [2.45, 2.75) is 24.8 Å². The first kappa shape index (κ1) is 19.5. The first-order valence-corrected chi connectivity index (χ1v) is 10.7. The summed E-state index contributed by atoms with van der Waals surface area (Å²) in [7, 11) is 3.33. The third-order valence-corrected chi connectivity index (χ3v) is 6.54. The highest BCUT2D eigenvalue weighted by atomic mass is 16.5. The van der Waals surface area contributed by atoms with Crippen LogP contribution in [0.1, 0.15) is 24.1 Å². The van der Waals surface area contributed by atoms with E-state index in [4.69, 9.17) is 9.47 Å². The maximum Gasteiger partial charge on any atom is 0.226 e. The van der Waals surface area contributed by atoms with E-state index >= 15 is 0 Å². The standard InChI is InChI=1S/C25H27N3O3/c1-30-19-6-3-5-18(15-19)16-24(29)27-13-10-25(11-14-27)23-7-4-12-28(23)22-9-8-20(31-2)17-21(22)26-25/h3-9,12,15,17,26H,10-11,13-14,16H2,1-2H3. The van der Waals surface area contributed by atoms with E-state index in [1.54, 1.807) is 14.2 Å². The molecule has 31 heavy (non-hydrogen) atoms. The summed E-state index contributed by atoms with van der Waals surface area (Å²) in [5.74, 6) is 1.78. The van der Waals surface area contributed by atoms with Crippen molar-refractivity contribution in [2.24, 2.45) is 0 Å². The number of hydrogen-bond donors (Lipinski definition) is 1. The fourth-order valence-corrected chi connectivity index (χ4v) is 4.84. The fourth-order valence-electron chi connectivity index (χ4n) is 4.84. The smallest absolute Gasteiger partial charge is 0.226 e. The van der Waals surface area contributed by atoms with Gasteiger partial charge in [-0.25, -0.2) is 0 Å². The molecule has 0 aliphatic carbocycles. The molecular formula is C25H27N3O3. The minimum absolute atomic E-state index is 0.163. The zero-order valence-electron chi connectivity index (χ0n) is 17.9. The average Bonchev–Trinajstić information content (AvgIpc) is 3.31. The minimum atomic E-state index is -0.185. The molecule has 6 nitrogen and oxygen atoms in total. The molecule has 1 aromatic heterocycles. The molecule has 0 saturated carbocycles. The Labute approximate surface area is 182 Å². The van der Waals surface area contributed by atoms with E-state index in [-0.39, 0.29) is 11.4 Å². The molecule has 1 spiro atoms. The Morgan fingerprint density at radius 3 is 2.55 bits per heavy atom. The van der Waals surface area contributed by atoms with Gasteiger partial charge in [-0.1, -0.05) is 12.1 Å². The number of ether oxygens (including phenoxy) is 2. The maximum absolute atomic E-state index is 13.0. The van der Waals surface area contributed by atoms with Crippen LogP contribution in [0.2, 0.25) is 0 Å². The average molecular weight is 418 g/mol. The van der Waals surface area contributed by atoms with Gasteiger partial charge in [0, 0.05) is 31.0 Å². The number of benzene rings is 2. The van der Waals surface area contributed by atoms with Gasteiger partial charge in [-0.15, -0.1) is 0 Å². The fraction of sp³-hybridized carbons (Fsp3) is 0.320. The van der Waals surface area contributed by atoms with Crippen molar-refractivity contribution >= 4 is 11.6 Å². The number of carbonyl (C=O) groups excluding carboxylic acids is 1. The molecule has 1 amide bonds. The van der Waals surface area contributed by atoms with Gasteiger partial charge in [0.05, 0.1) is 37.6 Å². The Kier molecular flexibility index (Phi) is 4.85. The van der Waals surface area contributed by atoms with E-state index < -0.39 is 0 Å². The van der Waals surface area contributed by atoms with Crippen LogP contribution in [0.3, 0.4) is 0 Å². The normalized spacial score (nSPS) is 16.3. The Balaban J connectivity index is 1.34. The molecule has 2 aromatic carbocycles. The van der Waals surface area contributed by atoms with Crippen molar-refractivity contribution in [3.63, 3.8) is 0 Å². The molecule has 3 aromatic rings. The summed E-state index contributed by atoms with van der Waals surface area (Å²) in [5.41, 5.74) is 4.25. The molecule has 3 heterocycles. The molecule has 0 bridgehead atoms. The molecule has 0 radical (unpaired) electrons. The number of fused-ring (bicyclic) bond motifs is 4. The zero-order chi connectivity index (χ0) is 21.4. The summed E-state index contributed by atoms with van der Waals surface area (Å²) in [4.78, 5) is 14.9. The minimum Gasteiger partial charge on any atom is -0.497 e. The van der Waals surface area contributed by atoms with Crippen LogP contribution in [0, 0.1) is 0 Å². The number of likely N-dealkylation sites (tertiary alicyclic amines) is 1. The highest BCUT2D eigenvalue weighted by molar-refractivity contribution is 5.79. The number of piperidine rings is 1. The van der Waals surface area contributed by atoms with Crippen molar-refractivity contribution < 1.29 is 14.3 Å². The van der Waals surface area contributed by atoms with Crippen LogP contribution in [0.25, 0.3) is 5.69 Å². The van der Waals surface area contributed by atoms with Crippen molar-refractivity contribution in [1.29, 1.82) is 0 Å². The number of hydrogen-bond acceptors (Lipinski definition) is 4. The number of aromatic nitrogens is 1. The van der Waals surface area contributed by atoms with Crippen LogP contribution in [0.4, 0.5) is 5.69 Å². The number of amides is 1. The molecule has 1 N–H and O–H groups in total. The van der Waals surface area contributed by atoms with E-state index in [0.29, 0.717) is 6.42 Å². The highest BCUT2D eigenvalue weighted by Gasteiger charge is 2.42. The summed E-state index contributed by atoms with van der Waals surface area (Å²) in [6.45, 7) is 1.45. The van der Waals surface area contributed by atoms with Gasteiger partial charge in [0.1, 0.15) is 11.5 Å². The van der Waals surface area contributed by atoms with Crippen molar-refractivity contribution in [1.82, 2.24) is 9.47 Å². The second-order valence-electron chi connectivity index (χ2n) is 8.26. The summed E-state index contributed by atoms with van der Waals surface area (Å²) in [6, 6.07) is 18.2. The van der Waals surface area contributed by atoms with Crippen molar-refractivity contribution in [2.75, 3.05) is 32.6 Å². The number of anilines is 1. The molecule has 0 atom stereocenters. The highest BCUT2D eigenvalue weighted by Crippen LogP contribution is 2.44. The lowest BCUT2D eigenvalue weighted by Crippen LogP contribution is -2.51. The van der Waals surface area contributed by atoms with Crippen molar-refractivity contribution in [3.8, 4) is 17.2 Å². The van der Waals surface area contributed by atoms with Crippen LogP contribution < -0.4 is 14.8 Å². The second kappa shape index (κ2) is 7.69. The summed E-state index contributed by atoms with van der Waals surface area (Å²) in [5, 5.41) is 3.80. The van der Waals surface area contributed by atoms with Gasteiger partial charge in [0.15, 0.2) is 0 Å². The second-order valence-corrected chi connectivity index (χ2v) is 8.26. The van der Waals surface area contributed by atoms with Gasteiger partial charge in [-0.3, -0.25) is 4.79 Å². The van der Waals surface area contributed by atoms with Crippen LogP contribution in [0.15, 0.2) is 60.8 Å². The summed E-state index contributed by atoms with van der Waals surface area (Å²) >= 11 is 0. The number of nitrogens with one attached hydrogen (secondary N) is 1. The van der Waals surface area contributed by atoms with Gasteiger partial charge in [-0.05, 0) is 54.8 Å². The lowest BCUT2D eigenvalue weighted by atomic mass is 9.82. The SMILES string of the molecule is COc1cccc(CC(=O)N2CCC3(CC2)Nc2cc(OC)ccc2-n2cccc23)c1. The summed E-state index contributed by atoms with van der Waals surface area (Å²) in [6.07, 6.45) is 4.23. The molecule has 160 valence electrons. The van der Waals surface area contributed by atoms with Gasteiger partial charge >= 0.3 is 0 Å². The van der Waals surface area contributed by atoms with Crippen LogP contribution in [0.5, 0.6) is 11.5 Å². The monoisotopic (exact) mass is 417 g/mol. The van der Waals surface area contributed by atoms with E-state index in [9.17, 15) is 4.79 Å². The Hall–Kier alpha value is -3.41. The number of rotatable bonds is 4. The van der Waals surface area contributed by atoms with Gasteiger partial charge < -0.3 is 24.3 Å². The van der Waals surface area contributed by atoms with Crippen LogP contribution in [-0.4, -0.2) is 42.7 Å². The summed E-state index contributed by atoms with van der Waals surface area (Å²) < 4.78 is 13.0. The topological polar surface area (TPSA) is 55.7 Å². The Morgan fingerprint density at radius 1 is 1.00 bits per heavy atom. The molecule has 0 unspecified atom stereocenters. The number of carbonyl (C=O) groups is 1. The predicted molar refractivity (Wildman–Crippen MR) is 120 cm³/mol. The number of methoxy groups -OCH3 is 2. The lowest BCUT2D eigenvalue weighted by Gasteiger charge is -2.46. The van der Waals surface area contributed by atoms with Crippen LogP contribution >= 0.6 is 0 Å².